The molecule has 1 aliphatic heterocycles. The van der Waals surface area contributed by atoms with Gasteiger partial charge in [0.2, 0.25) is 10.0 Å². The fourth-order valence-corrected chi connectivity index (χ4v) is 5.77. The first-order valence-corrected chi connectivity index (χ1v) is 13.9. The molecule has 1 N–H and O–H groups in total. The SMILES string of the molecule is CCn1c2ccccc2c2cc(NC(=O)C3CN(S(C)(=O)=O)c4cc(C(C)(C)C)ccc4O3)ccc21. The van der Waals surface area contributed by atoms with Gasteiger partial charge in [-0.1, -0.05) is 45.0 Å². The lowest BCUT2D eigenvalue weighted by molar-refractivity contribution is -0.122. The third-order valence-corrected chi connectivity index (χ3v) is 7.89. The summed E-state index contributed by atoms with van der Waals surface area (Å²) in [4.78, 5) is 13.3. The number of ether oxygens (including phenoxy) is 1. The number of sulfonamides is 1. The lowest BCUT2D eigenvalue weighted by atomic mass is 9.86. The van der Waals surface area contributed by atoms with E-state index in [1.807, 2.05) is 42.5 Å². The molecule has 0 aliphatic carbocycles. The Kier molecular flexibility index (Phi) is 5.75. The minimum atomic E-state index is -3.62. The topological polar surface area (TPSA) is 80.6 Å². The van der Waals surface area contributed by atoms with Gasteiger partial charge in [-0.3, -0.25) is 9.10 Å². The molecule has 0 bridgehead atoms. The maximum atomic E-state index is 13.3. The van der Waals surface area contributed by atoms with Crippen LogP contribution in [0.25, 0.3) is 21.8 Å². The Hall–Kier alpha value is -3.52. The number of nitrogens with zero attached hydrogens (tertiary/aromatic N) is 2. The summed E-state index contributed by atoms with van der Waals surface area (Å²) < 4.78 is 34.9. The van der Waals surface area contributed by atoms with Crippen LogP contribution >= 0.6 is 0 Å². The summed E-state index contributed by atoms with van der Waals surface area (Å²) in [5, 5.41) is 5.11. The molecule has 4 aromatic rings. The number of hydrogen-bond acceptors (Lipinski definition) is 4. The normalized spacial score (nSPS) is 16.1. The zero-order chi connectivity index (χ0) is 25.8. The number of carbonyl (C=O) groups is 1. The quantitative estimate of drug-likeness (QED) is 0.409. The molecule has 3 aromatic carbocycles. The molecule has 0 saturated heterocycles. The van der Waals surface area contributed by atoms with Crippen molar-refractivity contribution in [3.8, 4) is 5.75 Å². The summed E-state index contributed by atoms with van der Waals surface area (Å²) in [5.41, 5.74) is 4.16. The molecule has 0 spiro atoms. The summed E-state index contributed by atoms with van der Waals surface area (Å²) in [5.74, 6) is -0.0194. The van der Waals surface area contributed by atoms with Crippen LogP contribution in [0.5, 0.6) is 5.75 Å². The maximum absolute atomic E-state index is 13.3. The first-order valence-electron chi connectivity index (χ1n) is 12.1. The van der Waals surface area contributed by atoms with Gasteiger partial charge in [0.1, 0.15) is 5.75 Å². The van der Waals surface area contributed by atoms with Crippen LogP contribution in [0.15, 0.2) is 60.7 Å². The van der Waals surface area contributed by atoms with E-state index in [4.69, 9.17) is 4.74 Å². The lowest BCUT2D eigenvalue weighted by Crippen LogP contribution is -2.48. The molecule has 7 nitrogen and oxygen atoms in total. The highest BCUT2D eigenvalue weighted by atomic mass is 32.2. The molecular weight excluding hydrogens is 474 g/mol. The van der Waals surface area contributed by atoms with Crippen LogP contribution in [0, 0.1) is 0 Å². The minimum Gasteiger partial charge on any atom is -0.476 e. The average molecular weight is 506 g/mol. The number of anilines is 2. The molecule has 36 heavy (non-hydrogen) atoms. The average Bonchev–Trinajstić information content (AvgIpc) is 3.14. The number of nitrogens with one attached hydrogen (secondary N) is 1. The van der Waals surface area contributed by atoms with Gasteiger partial charge in [-0.15, -0.1) is 0 Å². The van der Waals surface area contributed by atoms with Crippen molar-refractivity contribution in [2.45, 2.75) is 45.8 Å². The third-order valence-electron chi connectivity index (χ3n) is 6.74. The van der Waals surface area contributed by atoms with Gasteiger partial charge in [0.15, 0.2) is 6.10 Å². The Morgan fingerprint density at radius 1 is 1.03 bits per heavy atom. The first kappa shape index (κ1) is 24.2. The first-order chi connectivity index (χ1) is 17.0. The van der Waals surface area contributed by atoms with Gasteiger partial charge < -0.3 is 14.6 Å². The van der Waals surface area contributed by atoms with Crippen molar-refractivity contribution in [2.75, 3.05) is 22.4 Å². The van der Waals surface area contributed by atoms with Crippen molar-refractivity contribution >= 4 is 49.1 Å². The molecular formula is C28H31N3O4S. The van der Waals surface area contributed by atoms with Crippen molar-refractivity contribution in [1.29, 1.82) is 0 Å². The summed E-state index contributed by atoms with van der Waals surface area (Å²) >= 11 is 0. The van der Waals surface area contributed by atoms with E-state index in [1.165, 1.54) is 4.31 Å². The van der Waals surface area contributed by atoms with Gasteiger partial charge in [-0.25, -0.2) is 8.42 Å². The van der Waals surface area contributed by atoms with Crippen molar-refractivity contribution in [3.05, 3.63) is 66.2 Å². The highest BCUT2D eigenvalue weighted by molar-refractivity contribution is 7.92. The number of amides is 1. The van der Waals surface area contributed by atoms with E-state index in [1.54, 1.807) is 6.07 Å². The van der Waals surface area contributed by atoms with Crippen LogP contribution in [0.3, 0.4) is 0 Å². The van der Waals surface area contributed by atoms with E-state index >= 15 is 0 Å². The maximum Gasteiger partial charge on any atom is 0.267 e. The number of benzene rings is 3. The second kappa shape index (κ2) is 8.55. The van der Waals surface area contributed by atoms with Crippen LogP contribution in [0.2, 0.25) is 0 Å². The zero-order valence-electron chi connectivity index (χ0n) is 21.2. The number of rotatable bonds is 4. The second-order valence-electron chi connectivity index (χ2n) is 10.3. The van der Waals surface area contributed by atoms with Crippen LogP contribution in [-0.4, -0.2) is 37.8 Å². The highest BCUT2D eigenvalue weighted by Crippen LogP contribution is 2.39. The predicted octanol–water partition coefficient (Wildman–Crippen LogP) is 5.28. The Bertz CT molecular complexity index is 1600. The summed E-state index contributed by atoms with van der Waals surface area (Å²) in [7, 11) is -3.62. The molecule has 1 aliphatic rings. The van der Waals surface area contributed by atoms with Gasteiger partial charge in [0.25, 0.3) is 5.91 Å². The standard InChI is InChI=1S/C28H31N3O4S/c1-6-30-22-10-8-7-9-20(22)21-16-19(12-13-23(21)30)29-27(32)26-17-31(36(5,33)34)24-15-18(28(2,3)4)11-14-25(24)35-26/h7-16,26H,6,17H2,1-5H3,(H,29,32). The van der Waals surface area contributed by atoms with E-state index in [9.17, 15) is 13.2 Å². The Morgan fingerprint density at radius 2 is 1.75 bits per heavy atom. The molecule has 0 fully saturated rings. The summed E-state index contributed by atoms with van der Waals surface area (Å²) in [6.45, 7) is 9.04. The molecule has 0 radical (unpaired) electrons. The molecule has 188 valence electrons. The van der Waals surface area contributed by atoms with Crippen molar-refractivity contribution in [3.63, 3.8) is 0 Å². The van der Waals surface area contributed by atoms with Crippen LogP contribution in [-0.2, 0) is 26.8 Å². The molecule has 8 heteroatoms. The summed E-state index contributed by atoms with van der Waals surface area (Å²) in [6.07, 6.45) is 0.165. The monoisotopic (exact) mass is 505 g/mol. The minimum absolute atomic E-state index is 0.0946. The molecule has 1 amide bonds. The van der Waals surface area contributed by atoms with E-state index in [0.717, 1.165) is 40.2 Å². The van der Waals surface area contributed by atoms with Gasteiger partial charge >= 0.3 is 0 Å². The Morgan fingerprint density at radius 3 is 2.44 bits per heavy atom. The summed E-state index contributed by atoms with van der Waals surface area (Å²) in [6, 6.07) is 19.5. The largest absolute Gasteiger partial charge is 0.476 e. The second-order valence-corrected chi connectivity index (χ2v) is 12.2. The number of aryl methyl sites for hydroxylation is 1. The fraction of sp³-hybridized carbons (Fsp3) is 0.321. The number of carbonyl (C=O) groups excluding carboxylic acids is 1. The van der Waals surface area contributed by atoms with E-state index < -0.39 is 22.0 Å². The van der Waals surface area contributed by atoms with Crippen molar-refractivity contribution < 1.29 is 17.9 Å². The van der Waals surface area contributed by atoms with Gasteiger partial charge in [0.05, 0.1) is 18.5 Å². The predicted molar refractivity (Wildman–Crippen MR) is 145 cm³/mol. The van der Waals surface area contributed by atoms with Gasteiger partial charge in [-0.05, 0) is 54.3 Å². The third kappa shape index (κ3) is 4.19. The Balaban J connectivity index is 1.47. The number of fused-ring (bicyclic) bond motifs is 4. The molecule has 2 heterocycles. The lowest BCUT2D eigenvalue weighted by Gasteiger charge is -2.35. The van der Waals surface area contributed by atoms with Crippen molar-refractivity contribution in [1.82, 2.24) is 4.57 Å². The molecule has 0 saturated carbocycles. The van der Waals surface area contributed by atoms with E-state index in [-0.39, 0.29) is 12.0 Å². The van der Waals surface area contributed by atoms with Gasteiger partial charge in [-0.2, -0.15) is 0 Å². The van der Waals surface area contributed by atoms with Crippen LogP contribution in [0.4, 0.5) is 11.4 Å². The van der Waals surface area contributed by atoms with Crippen LogP contribution < -0.4 is 14.4 Å². The molecule has 1 aromatic heterocycles. The number of aromatic nitrogens is 1. The van der Waals surface area contributed by atoms with E-state index in [2.05, 4.69) is 49.7 Å². The fourth-order valence-electron chi connectivity index (χ4n) is 4.86. The van der Waals surface area contributed by atoms with Crippen LogP contribution in [0.1, 0.15) is 33.3 Å². The Labute approximate surface area is 211 Å². The number of para-hydroxylation sites is 1. The molecule has 1 unspecified atom stereocenters. The molecule has 5 rings (SSSR count). The number of hydrogen-bond donors (Lipinski definition) is 1. The smallest absolute Gasteiger partial charge is 0.267 e. The van der Waals surface area contributed by atoms with E-state index in [0.29, 0.717) is 17.1 Å². The molecule has 1 atom stereocenters. The van der Waals surface area contributed by atoms with Gasteiger partial charge in [0, 0.05) is 34.0 Å². The highest BCUT2D eigenvalue weighted by Gasteiger charge is 2.36. The zero-order valence-corrected chi connectivity index (χ0v) is 22.0. The van der Waals surface area contributed by atoms with Crippen molar-refractivity contribution in [2.24, 2.45) is 0 Å².